The van der Waals surface area contributed by atoms with E-state index in [-0.39, 0.29) is 0 Å². The third kappa shape index (κ3) is 3.95. The first-order chi connectivity index (χ1) is 9.11. The fraction of sp³-hybridized carbons (Fsp3) is 1.00. The highest BCUT2D eigenvalue weighted by Crippen LogP contribution is 2.34. The van der Waals surface area contributed by atoms with Crippen LogP contribution < -0.4 is 5.73 Å². The van der Waals surface area contributed by atoms with Gasteiger partial charge in [0.1, 0.15) is 0 Å². The summed E-state index contributed by atoms with van der Waals surface area (Å²) in [5, 5.41) is 0. The largest absolute Gasteiger partial charge is 0.326 e. The lowest BCUT2D eigenvalue weighted by atomic mass is 9.76. The summed E-state index contributed by atoms with van der Waals surface area (Å²) in [4.78, 5) is 2.73. The van der Waals surface area contributed by atoms with E-state index in [2.05, 4.69) is 25.7 Å². The molecule has 0 aromatic heterocycles. The smallest absolute Gasteiger partial charge is 0.0249 e. The Balaban J connectivity index is 1.86. The van der Waals surface area contributed by atoms with Crippen molar-refractivity contribution in [2.45, 2.75) is 77.8 Å². The number of hydrogen-bond acceptors (Lipinski definition) is 2. The minimum atomic E-state index is 0.428. The van der Waals surface area contributed by atoms with Crippen molar-refractivity contribution in [3.63, 3.8) is 0 Å². The molecule has 0 amide bonds. The summed E-state index contributed by atoms with van der Waals surface area (Å²) in [5.74, 6) is 2.72. The van der Waals surface area contributed by atoms with Crippen LogP contribution in [-0.2, 0) is 0 Å². The summed E-state index contributed by atoms with van der Waals surface area (Å²) in [7, 11) is 0. The second-order valence-electron chi connectivity index (χ2n) is 7.32. The molecule has 1 saturated carbocycles. The molecule has 3 unspecified atom stereocenters. The van der Waals surface area contributed by atoms with Crippen molar-refractivity contribution in [3.8, 4) is 0 Å². The van der Waals surface area contributed by atoms with E-state index in [4.69, 9.17) is 5.73 Å². The summed E-state index contributed by atoms with van der Waals surface area (Å²) >= 11 is 0. The van der Waals surface area contributed by atoms with Gasteiger partial charge in [-0.1, -0.05) is 33.6 Å². The van der Waals surface area contributed by atoms with Crippen molar-refractivity contribution in [1.82, 2.24) is 4.90 Å². The van der Waals surface area contributed by atoms with Crippen LogP contribution >= 0.6 is 0 Å². The Morgan fingerprint density at radius 3 is 2.37 bits per heavy atom. The zero-order chi connectivity index (χ0) is 13.8. The Bertz CT molecular complexity index is 256. The highest BCUT2D eigenvalue weighted by Gasteiger charge is 2.34. The standard InChI is InChI=1S/C17H34N2/c1-4-5-14-8-10-19(11-9-14)17-12-15(13(2)3)6-7-16(17)18/h13-17H,4-12,18H2,1-3H3. The molecule has 19 heavy (non-hydrogen) atoms. The van der Waals surface area contributed by atoms with Gasteiger partial charge in [-0.25, -0.2) is 0 Å². The van der Waals surface area contributed by atoms with Crippen LogP contribution in [0.2, 0.25) is 0 Å². The number of rotatable bonds is 4. The van der Waals surface area contributed by atoms with Gasteiger partial charge in [-0.2, -0.15) is 0 Å². The van der Waals surface area contributed by atoms with Crippen LogP contribution in [-0.4, -0.2) is 30.1 Å². The fourth-order valence-electron chi connectivity index (χ4n) is 4.21. The molecule has 0 radical (unpaired) electrons. The van der Waals surface area contributed by atoms with Gasteiger partial charge in [0.15, 0.2) is 0 Å². The van der Waals surface area contributed by atoms with Gasteiger partial charge in [-0.3, -0.25) is 4.90 Å². The van der Waals surface area contributed by atoms with Gasteiger partial charge in [0, 0.05) is 12.1 Å². The van der Waals surface area contributed by atoms with Gasteiger partial charge in [0.2, 0.25) is 0 Å². The van der Waals surface area contributed by atoms with Gasteiger partial charge in [0.05, 0.1) is 0 Å². The molecule has 2 aliphatic rings. The van der Waals surface area contributed by atoms with E-state index < -0.39 is 0 Å². The molecule has 1 aliphatic heterocycles. The number of nitrogens with two attached hydrogens (primary N) is 1. The summed E-state index contributed by atoms with van der Waals surface area (Å²) in [6.07, 6.45) is 9.52. The van der Waals surface area contributed by atoms with Crippen LogP contribution in [0.1, 0.15) is 65.7 Å². The molecule has 0 aromatic rings. The van der Waals surface area contributed by atoms with Crippen LogP contribution in [0.15, 0.2) is 0 Å². The molecule has 3 atom stereocenters. The topological polar surface area (TPSA) is 29.3 Å². The van der Waals surface area contributed by atoms with Crippen LogP contribution in [0.25, 0.3) is 0 Å². The number of hydrogen-bond donors (Lipinski definition) is 1. The SMILES string of the molecule is CCCC1CCN(C2CC(C(C)C)CCC2N)CC1. The first kappa shape index (κ1) is 15.3. The quantitative estimate of drug-likeness (QED) is 0.841. The predicted octanol–water partition coefficient (Wildman–Crippen LogP) is 3.65. The third-order valence-corrected chi connectivity index (χ3v) is 5.67. The first-order valence-corrected chi connectivity index (χ1v) is 8.61. The lowest BCUT2D eigenvalue weighted by Crippen LogP contribution is -2.53. The Hall–Kier alpha value is -0.0800. The number of nitrogens with zero attached hydrogens (tertiary/aromatic N) is 1. The Labute approximate surface area is 120 Å². The van der Waals surface area contributed by atoms with Crippen molar-refractivity contribution in [3.05, 3.63) is 0 Å². The van der Waals surface area contributed by atoms with Gasteiger partial charge < -0.3 is 5.73 Å². The molecule has 0 spiro atoms. The Morgan fingerprint density at radius 2 is 1.79 bits per heavy atom. The van der Waals surface area contributed by atoms with Crippen LogP contribution in [0.3, 0.4) is 0 Å². The molecule has 112 valence electrons. The molecule has 1 heterocycles. The average Bonchev–Trinajstić information content (AvgIpc) is 2.40. The minimum Gasteiger partial charge on any atom is -0.326 e. The molecule has 2 nitrogen and oxygen atoms in total. The van der Waals surface area contributed by atoms with Crippen LogP contribution in [0, 0.1) is 17.8 Å². The monoisotopic (exact) mass is 266 g/mol. The highest BCUT2D eigenvalue weighted by atomic mass is 15.2. The molecular weight excluding hydrogens is 232 g/mol. The molecular formula is C17H34N2. The molecule has 0 aromatic carbocycles. The van der Waals surface area contributed by atoms with E-state index >= 15 is 0 Å². The maximum Gasteiger partial charge on any atom is 0.0249 e. The van der Waals surface area contributed by atoms with Crippen molar-refractivity contribution in [2.24, 2.45) is 23.5 Å². The van der Waals surface area contributed by atoms with Crippen LogP contribution in [0.4, 0.5) is 0 Å². The number of likely N-dealkylation sites (tertiary alicyclic amines) is 1. The van der Waals surface area contributed by atoms with E-state index in [0.29, 0.717) is 12.1 Å². The van der Waals surface area contributed by atoms with E-state index in [1.165, 1.54) is 58.0 Å². The average molecular weight is 266 g/mol. The fourth-order valence-corrected chi connectivity index (χ4v) is 4.21. The zero-order valence-corrected chi connectivity index (χ0v) is 13.3. The lowest BCUT2D eigenvalue weighted by molar-refractivity contribution is 0.0647. The van der Waals surface area contributed by atoms with Crippen molar-refractivity contribution in [1.29, 1.82) is 0 Å². The third-order valence-electron chi connectivity index (χ3n) is 5.67. The molecule has 1 aliphatic carbocycles. The molecule has 2 heteroatoms. The molecule has 0 bridgehead atoms. The van der Waals surface area contributed by atoms with Crippen molar-refractivity contribution < 1.29 is 0 Å². The first-order valence-electron chi connectivity index (χ1n) is 8.61. The Kier molecular flexibility index (Phi) is 5.70. The predicted molar refractivity (Wildman–Crippen MR) is 83.1 cm³/mol. The van der Waals surface area contributed by atoms with E-state index in [1.807, 2.05) is 0 Å². The molecule has 2 rings (SSSR count). The maximum absolute atomic E-state index is 6.42. The second kappa shape index (κ2) is 7.08. The molecule has 1 saturated heterocycles. The van der Waals surface area contributed by atoms with Crippen molar-refractivity contribution in [2.75, 3.05) is 13.1 Å². The zero-order valence-electron chi connectivity index (χ0n) is 13.3. The summed E-state index contributed by atoms with van der Waals surface area (Å²) < 4.78 is 0. The van der Waals surface area contributed by atoms with Gasteiger partial charge >= 0.3 is 0 Å². The van der Waals surface area contributed by atoms with Gasteiger partial charge in [0.25, 0.3) is 0 Å². The maximum atomic E-state index is 6.42. The summed E-state index contributed by atoms with van der Waals surface area (Å²) in [5.41, 5.74) is 6.42. The lowest BCUT2D eigenvalue weighted by Gasteiger charge is -2.45. The summed E-state index contributed by atoms with van der Waals surface area (Å²) in [6, 6.07) is 1.10. The number of piperidine rings is 1. The molecule has 2 fully saturated rings. The van der Waals surface area contributed by atoms with Gasteiger partial charge in [-0.15, -0.1) is 0 Å². The normalized spacial score (nSPS) is 34.9. The van der Waals surface area contributed by atoms with Crippen molar-refractivity contribution >= 4 is 0 Å². The second-order valence-corrected chi connectivity index (χ2v) is 7.32. The summed E-state index contributed by atoms with van der Waals surface area (Å²) in [6.45, 7) is 9.68. The highest BCUT2D eigenvalue weighted by molar-refractivity contribution is 4.91. The van der Waals surface area contributed by atoms with E-state index in [9.17, 15) is 0 Å². The van der Waals surface area contributed by atoms with Gasteiger partial charge in [-0.05, 0) is 62.9 Å². The Morgan fingerprint density at radius 1 is 1.11 bits per heavy atom. The van der Waals surface area contributed by atoms with Crippen LogP contribution in [0.5, 0.6) is 0 Å². The van der Waals surface area contributed by atoms with E-state index in [0.717, 1.165) is 17.8 Å². The van der Waals surface area contributed by atoms with E-state index in [1.54, 1.807) is 0 Å². The minimum absolute atomic E-state index is 0.428. The molecule has 2 N–H and O–H groups in total.